The van der Waals surface area contributed by atoms with E-state index in [1.54, 1.807) is 0 Å². The first-order valence-corrected chi connectivity index (χ1v) is 9.82. The molecule has 2 saturated carbocycles. The van der Waals surface area contributed by atoms with Crippen LogP contribution in [0.1, 0.15) is 78.1 Å². The molecule has 2 nitrogen and oxygen atoms in total. The van der Waals surface area contributed by atoms with Gasteiger partial charge in [-0.25, -0.2) is 0 Å². The molecule has 4 atom stereocenters. The summed E-state index contributed by atoms with van der Waals surface area (Å²) in [7, 11) is 0. The quantitative estimate of drug-likeness (QED) is 0.817. The summed E-state index contributed by atoms with van der Waals surface area (Å²) in [5.41, 5.74) is 0. The van der Waals surface area contributed by atoms with Gasteiger partial charge in [-0.05, 0) is 69.9 Å². The van der Waals surface area contributed by atoms with Gasteiger partial charge in [-0.15, -0.1) is 0 Å². The lowest BCUT2D eigenvalue weighted by atomic mass is 9.79. The number of rotatable bonds is 5. The Kier molecular flexibility index (Phi) is 5.61. The molecule has 3 aliphatic rings. The number of likely N-dealkylation sites (N-methyl/N-ethyl adjacent to an activating group) is 1. The minimum Gasteiger partial charge on any atom is -0.313 e. The highest BCUT2D eigenvalue weighted by Crippen LogP contribution is 2.40. The standard InChI is InChI=1S/C19H36N2/c1-3-15-11-12-17(20-4-2)19(14-15)21-13-7-10-18(21)16-8-5-6-9-16/h15-20H,3-14H2,1-2H3. The van der Waals surface area contributed by atoms with E-state index < -0.39 is 0 Å². The molecule has 3 rings (SSSR count). The van der Waals surface area contributed by atoms with Gasteiger partial charge in [-0.2, -0.15) is 0 Å². The molecule has 2 aliphatic carbocycles. The first-order valence-electron chi connectivity index (χ1n) is 9.82. The Labute approximate surface area is 132 Å². The van der Waals surface area contributed by atoms with Crippen LogP contribution in [0.3, 0.4) is 0 Å². The number of nitrogens with one attached hydrogen (secondary N) is 1. The van der Waals surface area contributed by atoms with Crippen molar-refractivity contribution in [3.8, 4) is 0 Å². The minimum atomic E-state index is 0.764. The molecule has 0 aromatic rings. The maximum Gasteiger partial charge on any atom is 0.0255 e. The van der Waals surface area contributed by atoms with Crippen LogP contribution in [0, 0.1) is 11.8 Å². The molecule has 3 fully saturated rings. The van der Waals surface area contributed by atoms with Crippen LogP contribution in [0.2, 0.25) is 0 Å². The fourth-order valence-corrected chi connectivity index (χ4v) is 5.54. The summed E-state index contributed by atoms with van der Waals surface area (Å²) in [5.74, 6) is 2.01. The van der Waals surface area contributed by atoms with Crippen LogP contribution in [-0.4, -0.2) is 36.1 Å². The van der Waals surface area contributed by atoms with Crippen molar-refractivity contribution in [3.05, 3.63) is 0 Å². The first kappa shape index (κ1) is 15.8. The summed E-state index contributed by atoms with van der Waals surface area (Å²) in [6.07, 6.45) is 14.6. The van der Waals surface area contributed by atoms with E-state index in [-0.39, 0.29) is 0 Å². The zero-order valence-electron chi connectivity index (χ0n) is 14.3. The van der Waals surface area contributed by atoms with E-state index in [1.807, 2.05) is 0 Å². The minimum absolute atomic E-state index is 0.764. The number of hydrogen-bond donors (Lipinski definition) is 1. The molecule has 4 unspecified atom stereocenters. The molecule has 0 amide bonds. The third-order valence-corrected chi connectivity index (χ3v) is 6.68. The van der Waals surface area contributed by atoms with Crippen LogP contribution in [0.4, 0.5) is 0 Å². The second kappa shape index (κ2) is 7.46. The van der Waals surface area contributed by atoms with Gasteiger partial charge in [0.25, 0.3) is 0 Å². The summed E-state index contributed by atoms with van der Waals surface area (Å²) < 4.78 is 0. The molecule has 122 valence electrons. The predicted molar refractivity (Wildman–Crippen MR) is 90.6 cm³/mol. The Morgan fingerprint density at radius 3 is 2.43 bits per heavy atom. The molecule has 0 bridgehead atoms. The highest BCUT2D eigenvalue weighted by Gasteiger charge is 2.41. The van der Waals surface area contributed by atoms with Gasteiger partial charge in [0.2, 0.25) is 0 Å². The molecule has 2 heteroatoms. The van der Waals surface area contributed by atoms with Crippen molar-refractivity contribution < 1.29 is 0 Å². The highest BCUT2D eigenvalue weighted by atomic mass is 15.2. The number of hydrogen-bond acceptors (Lipinski definition) is 2. The fourth-order valence-electron chi connectivity index (χ4n) is 5.54. The lowest BCUT2D eigenvalue weighted by molar-refractivity contribution is 0.0640. The second-order valence-corrected chi connectivity index (χ2v) is 7.81. The summed E-state index contributed by atoms with van der Waals surface area (Å²) in [6.45, 7) is 7.19. The van der Waals surface area contributed by atoms with Crippen molar-refractivity contribution >= 4 is 0 Å². The summed E-state index contributed by atoms with van der Waals surface area (Å²) in [6, 6.07) is 2.52. The fraction of sp³-hybridized carbons (Fsp3) is 1.00. The van der Waals surface area contributed by atoms with E-state index in [2.05, 4.69) is 24.1 Å². The molecular formula is C19H36N2. The maximum atomic E-state index is 3.83. The van der Waals surface area contributed by atoms with Crippen molar-refractivity contribution in [2.75, 3.05) is 13.1 Å². The molecule has 1 heterocycles. The highest BCUT2D eigenvalue weighted by molar-refractivity contribution is 4.97. The molecule has 0 aromatic carbocycles. The SMILES string of the molecule is CCNC1CCC(CC)CC1N1CCCC1C1CCCC1. The second-order valence-electron chi connectivity index (χ2n) is 7.81. The smallest absolute Gasteiger partial charge is 0.0255 e. The topological polar surface area (TPSA) is 15.3 Å². The molecular weight excluding hydrogens is 256 g/mol. The monoisotopic (exact) mass is 292 g/mol. The third kappa shape index (κ3) is 3.47. The average molecular weight is 293 g/mol. The van der Waals surface area contributed by atoms with Crippen molar-refractivity contribution in [3.63, 3.8) is 0 Å². The Balaban J connectivity index is 1.70. The van der Waals surface area contributed by atoms with Crippen molar-refractivity contribution in [1.82, 2.24) is 10.2 Å². The Hall–Kier alpha value is -0.0800. The third-order valence-electron chi connectivity index (χ3n) is 6.68. The zero-order valence-corrected chi connectivity index (χ0v) is 14.3. The van der Waals surface area contributed by atoms with Gasteiger partial charge in [0.1, 0.15) is 0 Å². The normalized spacial score (nSPS) is 39.1. The molecule has 1 saturated heterocycles. The summed E-state index contributed by atoms with van der Waals surface area (Å²) >= 11 is 0. The Morgan fingerprint density at radius 2 is 1.71 bits per heavy atom. The lowest BCUT2D eigenvalue weighted by Crippen LogP contribution is -2.55. The molecule has 0 radical (unpaired) electrons. The van der Waals surface area contributed by atoms with Gasteiger partial charge in [0, 0.05) is 18.1 Å². The van der Waals surface area contributed by atoms with E-state index in [0.717, 1.165) is 36.5 Å². The van der Waals surface area contributed by atoms with Crippen LogP contribution in [0.5, 0.6) is 0 Å². The molecule has 0 aromatic heterocycles. The van der Waals surface area contributed by atoms with Crippen molar-refractivity contribution in [2.45, 2.75) is 96.2 Å². The molecule has 1 N–H and O–H groups in total. The van der Waals surface area contributed by atoms with E-state index in [1.165, 1.54) is 70.8 Å². The van der Waals surface area contributed by atoms with Crippen LogP contribution in [0.25, 0.3) is 0 Å². The van der Waals surface area contributed by atoms with Crippen LogP contribution >= 0.6 is 0 Å². The van der Waals surface area contributed by atoms with Gasteiger partial charge >= 0.3 is 0 Å². The summed E-state index contributed by atoms with van der Waals surface area (Å²) in [4.78, 5) is 2.98. The van der Waals surface area contributed by atoms with Gasteiger partial charge in [-0.1, -0.05) is 33.1 Å². The van der Waals surface area contributed by atoms with Crippen LogP contribution < -0.4 is 5.32 Å². The largest absolute Gasteiger partial charge is 0.313 e. The Bertz CT molecular complexity index is 311. The van der Waals surface area contributed by atoms with E-state index in [0.29, 0.717) is 0 Å². The maximum absolute atomic E-state index is 3.83. The van der Waals surface area contributed by atoms with Gasteiger partial charge in [0.05, 0.1) is 0 Å². The first-order chi connectivity index (χ1) is 10.3. The molecule has 0 spiro atoms. The number of nitrogens with zero attached hydrogens (tertiary/aromatic N) is 1. The van der Waals surface area contributed by atoms with Crippen LogP contribution in [-0.2, 0) is 0 Å². The summed E-state index contributed by atoms with van der Waals surface area (Å²) in [5, 5.41) is 3.83. The van der Waals surface area contributed by atoms with Crippen molar-refractivity contribution in [1.29, 1.82) is 0 Å². The Morgan fingerprint density at radius 1 is 0.905 bits per heavy atom. The van der Waals surface area contributed by atoms with Crippen LogP contribution in [0.15, 0.2) is 0 Å². The van der Waals surface area contributed by atoms with Gasteiger partial charge in [0.15, 0.2) is 0 Å². The predicted octanol–water partition coefficient (Wildman–Crippen LogP) is 4.20. The van der Waals surface area contributed by atoms with E-state index in [4.69, 9.17) is 0 Å². The molecule has 21 heavy (non-hydrogen) atoms. The zero-order chi connectivity index (χ0) is 14.7. The number of likely N-dealkylation sites (tertiary alicyclic amines) is 1. The molecule has 1 aliphatic heterocycles. The average Bonchev–Trinajstić information content (AvgIpc) is 3.18. The van der Waals surface area contributed by atoms with Crippen molar-refractivity contribution in [2.24, 2.45) is 11.8 Å². The van der Waals surface area contributed by atoms with Gasteiger partial charge < -0.3 is 5.32 Å². The van der Waals surface area contributed by atoms with E-state index >= 15 is 0 Å². The van der Waals surface area contributed by atoms with E-state index in [9.17, 15) is 0 Å². The van der Waals surface area contributed by atoms with Gasteiger partial charge in [-0.3, -0.25) is 4.90 Å². The lowest BCUT2D eigenvalue weighted by Gasteiger charge is -2.45.